The summed E-state index contributed by atoms with van der Waals surface area (Å²) < 4.78 is 45.2. The fraction of sp³-hybridized carbons (Fsp3) is 0.231. The highest BCUT2D eigenvalue weighted by Crippen LogP contribution is 2.21. The molecule has 5 nitrogen and oxygen atoms in total. The third kappa shape index (κ3) is 3.06. The van der Waals surface area contributed by atoms with E-state index in [1.54, 1.807) is 6.07 Å². The van der Waals surface area contributed by atoms with Crippen LogP contribution in [0.1, 0.15) is 16.7 Å². The quantitative estimate of drug-likeness (QED) is 0.880. The first-order chi connectivity index (χ1) is 9.44. The first-order valence-corrected chi connectivity index (χ1v) is 7.33. The zero-order chi connectivity index (χ0) is 14.8. The molecule has 1 aromatic heterocycles. The van der Waals surface area contributed by atoms with Gasteiger partial charge >= 0.3 is 0 Å². The second-order valence-corrected chi connectivity index (χ2v) is 6.05. The van der Waals surface area contributed by atoms with Gasteiger partial charge in [-0.2, -0.15) is 0 Å². The van der Waals surface area contributed by atoms with Crippen molar-refractivity contribution in [1.29, 1.82) is 0 Å². The number of aliphatic hydroxyl groups excluding tert-OH is 1. The minimum Gasteiger partial charge on any atom is -0.472 e. The Morgan fingerprint density at radius 1 is 1.35 bits per heavy atom. The summed E-state index contributed by atoms with van der Waals surface area (Å²) in [5.74, 6) is -0.666. The van der Waals surface area contributed by atoms with Crippen LogP contribution in [0.25, 0.3) is 0 Å². The molecule has 0 aliphatic heterocycles. The molecule has 0 bridgehead atoms. The third-order valence-electron chi connectivity index (χ3n) is 2.87. The predicted octanol–water partition coefficient (Wildman–Crippen LogP) is 1.70. The molecule has 0 saturated carbocycles. The van der Waals surface area contributed by atoms with Gasteiger partial charge in [-0.05, 0) is 30.7 Å². The summed E-state index contributed by atoms with van der Waals surface area (Å²) in [6, 6.07) is 4.00. The zero-order valence-electron chi connectivity index (χ0n) is 10.8. The summed E-state index contributed by atoms with van der Waals surface area (Å²) in [4.78, 5) is -0.176. The van der Waals surface area contributed by atoms with Crippen LogP contribution in [0, 0.1) is 12.7 Å². The van der Waals surface area contributed by atoms with Crippen LogP contribution < -0.4 is 4.72 Å². The lowest BCUT2D eigenvalue weighted by atomic mass is 10.1. The maximum absolute atomic E-state index is 13.7. The molecule has 0 radical (unpaired) electrons. The molecular formula is C13H14FNO4S. The summed E-state index contributed by atoms with van der Waals surface area (Å²) in [6.07, 6.45) is 2.85. The van der Waals surface area contributed by atoms with E-state index in [1.165, 1.54) is 25.5 Å². The molecule has 2 N–H and O–H groups in total. The lowest BCUT2D eigenvalue weighted by molar-refractivity contribution is 0.281. The van der Waals surface area contributed by atoms with Gasteiger partial charge in [0.15, 0.2) is 0 Å². The van der Waals surface area contributed by atoms with E-state index in [0.29, 0.717) is 5.56 Å². The van der Waals surface area contributed by atoms with E-state index in [0.717, 1.165) is 6.07 Å². The maximum atomic E-state index is 13.7. The van der Waals surface area contributed by atoms with E-state index < -0.39 is 22.4 Å². The van der Waals surface area contributed by atoms with E-state index in [1.807, 2.05) is 0 Å². The third-order valence-corrected chi connectivity index (χ3v) is 4.40. The van der Waals surface area contributed by atoms with Crippen molar-refractivity contribution in [2.45, 2.75) is 25.0 Å². The highest BCUT2D eigenvalue weighted by molar-refractivity contribution is 7.89. The van der Waals surface area contributed by atoms with E-state index in [-0.39, 0.29) is 22.6 Å². The molecule has 2 aromatic rings. The minimum atomic E-state index is -3.86. The Hall–Kier alpha value is -1.70. The first kappa shape index (κ1) is 14.7. The van der Waals surface area contributed by atoms with Crippen LogP contribution in [0.3, 0.4) is 0 Å². The molecule has 0 aliphatic rings. The van der Waals surface area contributed by atoms with Crippen molar-refractivity contribution in [2.24, 2.45) is 0 Å². The topological polar surface area (TPSA) is 79.5 Å². The standard InChI is InChI=1S/C13H14FNO4S/c1-9-12(14)4-11(7-16)5-13(9)20(17,18)15-6-10-2-3-19-8-10/h2-5,8,15-16H,6-7H2,1H3. The molecule has 1 aromatic carbocycles. The van der Waals surface area contributed by atoms with Gasteiger partial charge in [-0.3, -0.25) is 0 Å². The summed E-state index contributed by atoms with van der Waals surface area (Å²) in [5, 5.41) is 9.03. The summed E-state index contributed by atoms with van der Waals surface area (Å²) in [5.41, 5.74) is 0.878. The van der Waals surface area contributed by atoms with Gasteiger partial charge in [0.05, 0.1) is 24.0 Å². The number of aliphatic hydroxyl groups is 1. The van der Waals surface area contributed by atoms with Gasteiger partial charge in [-0.25, -0.2) is 17.5 Å². The molecule has 0 amide bonds. The number of hydrogen-bond acceptors (Lipinski definition) is 4. The number of halogens is 1. The Bertz CT molecular complexity index is 695. The van der Waals surface area contributed by atoms with Gasteiger partial charge in [0.25, 0.3) is 0 Å². The fourth-order valence-electron chi connectivity index (χ4n) is 1.73. The van der Waals surface area contributed by atoms with Gasteiger partial charge in [0, 0.05) is 17.7 Å². The van der Waals surface area contributed by atoms with Crippen molar-refractivity contribution in [3.8, 4) is 0 Å². The Morgan fingerprint density at radius 3 is 2.70 bits per heavy atom. The van der Waals surface area contributed by atoms with E-state index in [9.17, 15) is 12.8 Å². The number of sulfonamides is 1. The molecule has 108 valence electrons. The zero-order valence-corrected chi connectivity index (χ0v) is 11.6. The summed E-state index contributed by atoms with van der Waals surface area (Å²) in [7, 11) is -3.86. The molecule has 2 rings (SSSR count). The summed E-state index contributed by atoms with van der Waals surface area (Å²) in [6.45, 7) is 0.994. The molecule has 20 heavy (non-hydrogen) atoms. The number of rotatable bonds is 5. The minimum absolute atomic E-state index is 0.0156. The van der Waals surface area contributed by atoms with Crippen LogP contribution in [0.4, 0.5) is 4.39 Å². The van der Waals surface area contributed by atoms with Gasteiger partial charge in [-0.15, -0.1) is 0 Å². The van der Waals surface area contributed by atoms with Crippen LogP contribution in [-0.2, 0) is 23.2 Å². The number of hydrogen-bond donors (Lipinski definition) is 2. The SMILES string of the molecule is Cc1c(F)cc(CO)cc1S(=O)(=O)NCc1ccoc1. The largest absolute Gasteiger partial charge is 0.472 e. The van der Waals surface area contributed by atoms with Crippen LogP contribution in [0.15, 0.2) is 40.0 Å². The van der Waals surface area contributed by atoms with Crippen molar-refractivity contribution in [3.63, 3.8) is 0 Å². The van der Waals surface area contributed by atoms with Crippen LogP contribution >= 0.6 is 0 Å². The number of benzene rings is 1. The first-order valence-electron chi connectivity index (χ1n) is 5.84. The Balaban J connectivity index is 2.31. The van der Waals surface area contributed by atoms with E-state index in [2.05, 4.69) is 4.72 Å². The highest BCUT2D eigenvalue weighted by Gasteiger charge is 2.20. The van der Waals surface area contributed by atoms with Crippen LogP contribution in [0.2, 0.25) is 0 Å². The number of furan rings is 1. The van der Waals surface area contributed by atoms with Gasteiger partial charge < -0.3 is 9.52 Å². The normalized spacial score (nSPS) is 11.8. The predicted molar refractivity (Wildman–Crippen MR) is 69.8 cm³/mol. The van der Waals surface area contributed by atoms with Crippen LogP contribution in [-0.4, -0.2) is 13.5 Å². The Kier molecular flexibility index (Phi) is 4.22. The monoisotopic (exact) mass is 299 g/mol. The molecule has 0 fully saturated rings. The highest BCUT2D eigenvalue weighted by atomic mass is 32.2. The molecule has 0 unspecified atom stereocenters. The second kappa shape index (κ2) is 5.74. The van der Waals surface area contributed by atoms with Crippen molar-refractivity contribution < 1.29 is 22.3 Å². The van der Waals surface area contributed by atoms with Crippen molar-refractivity contribution in [2.75, 3.05) is 0 Å². The average molecular weight is 299 g/mol. The van der Waals surface area contributed by atoms with Crippen molar-refractivity contribution in [3.05, 3.63) is 53.2 Å². The lowest BCUT2D eigenvalue weighted by Crippen LogP contribution is -2.24. The molecule has 0 atom stereocenters. The Labute approximate surface area is 116 Å². The van der Waals surface area contributed by atoms with Gasteiger partial charge in [0.1, 0.15) is 5.82 Å². The summed E-state index contributed by atoms with van der Waals surface area (Å²) >= 11 is 0. The van der Waals surface area contributed by atoms with Crippen LogP contribution in [0.5, 0.6) is 0 Å². The molecule has 0 saturated heterocycles. The molecular weight excluding hydrogens is 285 g/mol. The average Bonchev–Trinajstić information content (AvgIpc) is 2.92. The van der Waals surface area contributed by atoms with Gasteiger partial charge in [-0.1, -0.05) is 0 Å². The molecule has 1 heterocycles. The maximum Gasteiger partial charge on any atom is 0.241 e. The molecule has 7 heteroatoms. The van der Waals surface area contributed by atoms with Crippen molar-refractivity contribution >= 4 is 10.0 Å². The number of nitrogens with one attached hydrogen (secondary N) is 1. The van der Waals surface area contributed by atoms with Gasteiger partial charge in [0.2, 0.25) is 10.0 Å². The van der Waals surface area contributed by atoms with E-state index in [4.69, 9.17) is 9.52 Å². The molecule has 0 aliphatic carbocycles. The fourth-order valence-corrected chi connectivity index (χ4v) is 3.05. The van der Waals surface area contributed by atoms with E-state index >= 15 is 0 Å². The Morgan fingerprint density at radius 2 is 2.10 bits per heavy atom. The molecule has 0 spiro atoms. The lowest BCUT2D eigenvalue weighted by Gasteiger charge is -2.11. The second-order valence-electron chi connectivity index (χ2n) is 4.32. The smallest absolute Gasteiger partial charge is 0.241 e. The van der Waals surface area contributed by atoms with Crippen molar-refractivity contribution in [1.82, 2.24) is 4.72 Å².